The molecule has 0 fully saturated rings. The van der Waals surface area contributed by atoms with Crippen LogP contribution < -0.4 is 11.1 Å². The number of rotatable bonds is 6. The second-order valence-corrected chi connectivity index (χ2v) is 6.88. The van der Waals surface area contributed by atoms with Crippen molar-refractivity contribution in [3.63, 3.8) is 0 Å². The summed E-state index contributed by atoms with van der Waals surface area (Å²) >= 11 is 0. The van der Waals surface area contributed by atoms with E-state index in [1.165, 1.54) is 19.1 Å². The Morgan fingerprint density at radius 3 is 2.45 bits per heavy atom. The van der Waals surface area contributed by atoms with E-state index in [0.29, 0.717) is 16.8 Å². The van der Waals surface area contributed by atoms with Crippen LogP contribution in [0.4, 0.5) is 5.69 Å². The van der Waals surface area contributed by atoms with Crippen molar-refractivity contribution in [2.45, 2.75) is 33.3 Å². The van der Waals surface area contributed by atoms with Crippen LogP contribution in [-0.2, 0) is 20.7 Å². The summed E-state index contributed by atoms with van der Waals surface area (Å²) < 4.78 is 10.9. The molecule has 7 nitrogen and oxygen atoms in total. The van der Waals surface area contributed by atoms with Crippen LogP contribution in [0.3, 0.4) is 0 Å². The molecule has 0 bridgehead atoms. The lowest BCUT2D eigenvalue weighted by Gasteiger charge is -2.13. The number of ether oxygens (including phenoxy) is 1. The quantitative estimate of drug-likeness (QED) is 0.623. The predicted octanol–water partition coefficient (Wildman–Crippen LogP) is 3.26. The van der Waals surface area contributed by atoms with Crippen molar-refractivity contribution in [1.82, 2.24) is 0 Å². The molecule has 29 heavy (non-hydrogen) atoms. The number of fused-ring (bicyclic) bond motifs is 1. The van der Waals surface area contributed by atoms with E-state index in [1.54, 1.807) is 18.4 Å². The first kappa shape index (κ1) is 20.1. The first-order valence-corrected chi connectivity index (χ1v) is 9.12. The van der Waals surface area contributed by atoms with Crippen molar-refractivity contribution in [1.29, 1.82) is 0 Å². The van der Waals surface area contributed by atoms with Gasteiger partial charge in [0.2, 0.25) is 5.91 Å². The number of hydrogen-bond donors (Lipinski definition) is 2. The minimum absolute atomic E-state index is 0.000426. The van der Waals surface area contributed by atoms with E-state index in [1.807, 2.05) is 26.0 Å². The summed E-state index contributed by atoms with van der Waals surface area (Å²) in [5.41, 5.74) is 9.57. The van der Waals surface area contributed by atoms with Crippen molar-refractivity contribution in [2.24, 2.45) is 5.73 Å². The van der Waals surface area contributed by atoms with Crippen LogP contribution in [0.25, 0.3) is 11.0 Å². The molecule has 2 aromatic carbocycles. The molecule has 2 amide bonds. The zero-order chi connectivity index (χ0) is 21.1. The third-order valence-corrected chi connectivity index (χ3v) is 4.79. The molecule has 0 aliphatic rings. The smallest absolute Gasteiger partial charge is 0.311 e. The van der Waals surface area contributed by atoms with E-state index in [0.717, 1.165) is 22.1 Å². The molecule has 0 saturated carbocycles. The third-order valence-electron chi connectivity index (χ3n) is 4.79. The average molecular weight is 394 g/mol. The van der Waals surface area contributed by atoms with Gasteiger partial charge in [-0.15, -0.1) is 0 Å². The number of anilines is 1. The minimum atomic E-state index is -0.986. The van der Waals surface area contributed by atoms with E-state index < -0.39 is 23.9 Å². The van der Waals surface area contributed by atoms with Gasteiger partial charge < -0.3 is 20.2 Å². The molecular formula is C22H22N2O5. The number of esters is 1. The molecule has 0 spiro atoms. The van der Waals surface area contributed by atoms with Gasteiger partial charge in [-0.05, 0) is 56.2 Å². The molecule has 0 radical (unpaired) electrons. The Morgan fingerprint density at radius 2 is 1.79 bits per heavy atom. The maximum absolute atomic E-state index is 12.3. The van der Waals surface area contributed by atoms with E-state index in [9.17, 15) is 14.4 Å². The third kappa shape index (κ3) is 4.45. The zero-order valence-corrected chi connectivity index (χ0v) is 16.4. The number of nitrogens with two attached hydrogens (primary N) is 1. The SMILES string of the molecule is Cc1ccc2c(CC(=O)O[C@@H](C)C(=O)Nc3ccc(C(N)=O)cc3)coc2c1C. The number of primary amides is 1. The first-order chi connectivity index (χ1) is 13.8. The van der Waals surface area contributed by atoms with Gasteiger partial charge in [0.1, 0.15) is 5.58 Å². The van der Waals surface area contributed by atoms with E-state index in [2.05, 4.69) is 5.32 Å². The summed E-state index contributed by atoms with van der Waals surface area (Å²) in [5, 5.41) is 3.49. The maximum atomic E-state index is 12.3. The minimum Gasteiger partial charge on any atom is -0.464 e. The molecule has 0 saturated heterocycles. The van der Waals surface area contributed by atoms with Gasteiger partial charge in [-0.2, -0.15) is 0 Å². The predicted molar refractivity (Wildman–Crippen MR) is 109 cm³/mol. The summed E-state index contributed by atoms with van der Waals surface area (Å²) in [6, 6.07) is 9.99. The Morgan fingerprint density at radius 1 is 1.10 bits per heavy atom. The number of carbonyl (C=O) groups is 3. The highest BCUT2D eigenvalue weighted by Gasteiger charge is 2.20. The topological polar surface area (TPSA) is 112 Å². The average Bonchev–Trinajstić information content (AvgIpc) is 3.08. The number of benzene rings is 2. The van der Waals surface area contributed by atoms with Gasteiger partial charge in [-0.1, -0.05) is 12.1 Å². The number of amides is 2. The van der Waals surface area contributed by atoms with Gasteiger partial charge in [-0.25, -0.2) is 0 Å². The number of hydrogen-bond acceptors (Lipinski definition) is 5. The molecule has 150 valence electrons. The number of furan rings is 1. The summed E-state index contributed by atoms with van der Waals surface area (Å²) in [7, 11) is 0. The molecule has 3 rings (SSSR count). The second kappa shape index (κ2) is 8.18. The monoisotopic (exact) mass is 394 g/mol. The van der Waals surface area contributed by atoms with Crippen molar-refractivity contribution in [2.75, 3.05) is 5.32 Å². The summed E-state index contributed by atoms with van der Waals surface area (Å²) in [4.78, 5) is 35.6. The van der Waals surface area contributed by atoms with Crippen LogP contribution in [0.5, 0.6) is 0 Å². The Bertz CT molecular complexity index is 1080. The summed E-state index contributed by atoms with van der Waals surface area (Å²) in [6.45, 7) is 5.45. The summed E-state index contributed by atoms with van der Waals surface area (Å²) in [5.74, 6) is -1.56. The van der Waals surface area contributed by atoms with Gasteiger partial charge in [0.05, 0.1) is 12.7 Å². The molecule has 1 atom stereocenters. The van der Waals surface area contributed by atoms with Crippen LogP contribution in [0.2, 0.25) is 0 Å². The largest absolute Gasteiger partial charge is 0.464 e. The van der Waals surface area contributed by atoms with Crippen LogP contribution >= 0.6 is 0 Å². The lowest BCUT2D eigenvalue weighted by Crippen LogP contribution is -2.30. The van der Waals surface area contributed by atoms with E-state index >= 15 is 0 Å². The molecule has 0 unspecified atom stereocenters. The highest BCUT2D eigenvalue weighted by atomic mass is 16.5. The van der Waals surface area contributed by atoms with Crippen LogP contribution in [0, 0.1) is 13.8 Å². The lowest BCUT2D eigenvalue weighted by molar-refractivity contribution is -0.152. The van der Waals surface area contributed by atoms with Gasteiger partial charge in [0.15, 0.2) is 6.10 Å². The van der Waals surface area contributed by atoms with Gasteiger partial charge in [0.25, 0.3) is 5.91 Å². The van der Waals surface area contributed by atoms with Crippen molar-refractivity contribution in [3.05, 3.63) is 64.9 Å². The van der Waals surface area contributed by atoms with Crippen LogP contribution in [0.15, 0.2) is 47.1 Å². The maximum Gasteiger partial charge on any atom is 0.311 e. The molecule has 3 N–H and O–H groups in total. The van der Waals surface area contributed by atoms with Gasteiger partial charge in [-0.3, -0.25) is 14.4 Å². The summed E-state index contributed by atoms with van der Waals surface area (Å²) in [6.07, 6.45) is 0.560. The van der Waals surface area contributed by atoms with Crippen molar-refractivity contribution >= 4 is 34.4 Å². The van der Waals surface area contributed by atoms with Crippen LogP contribution in [-0.4, -0.2) is 23.9 Å². The number of nitrogens with one attached hydrogen (secondary N) is 1. The fourth-order valence-corrected chi connectivity index (χ4v) is 2.93. The molecule has 1 heterocycles. The molecule has 3 aromatic rings. The lowest BCUT2D eigenvalue weighted by atomic mass is 10.0. The fraction of sp³-hybridized carbons (Fsp3) is 0.227. The number of carbonyl (C=O) groups excluding carboxylic acids is 3. The fourth-order valence-electron chi connectivity index (χ4n) is 2.93. The highest BCUT2D eigenvalue weighted by molar-refractivity contribution is 5.97. The second-order valence-electron chi connectivity index (χ2n) is 6.88. The molecule has 1 aromatic heterocycles. The Kier molecular flexibility index (Phi) is 5.68. The van der Waals surface area contributed by atoms with E-state index in [-0.39, 0.29) is 6.42 Å². The Balaban J connectivity index is 1.61. The van der Waals surface area contributed by atoms with Crippen molar-refractivity contribution < 1.29 is 23.5 Å². The normalized spacial score (nSPS) is 11.8. The zero-order valence-electron chi connectivity index (χ0n) is 16.4. The van der Waals surface area contributed by atoms with Gasteiger partial charge >= 0.3 is 5.97 Å². The Labute approximate surface area is 167 Å². The highest BCUT2D eigenvalue weighted by Crippen LogP contribution is 2.27. The van der Waals surface area contributed by atoms with Crippen LogP contribution in [0.1, 0.15) is 34.0 Å². The first-order valence-electron chi connectivity index (χ1n) is 9.12. The van der Waals surface area contributed by atoms with Crippen molar-refractivity contribution in [3.8, 4) is 0 Å². The molecule has 0 aliphatic heterocycles. The van der Waals surface area contributed by atoms with Gasteiger partial charge in [0, 0.05) is 22.2 Å². The Hall–Kier alpha value is -3.61. The molecular weight excluding hydrogens is 372 g/mol. The van der Waals surface area contributed by atoms with E-state index in [4.69, 9.17) is 14.9 Å². The standard InChI is InChI=1S/C22H22N2O5/c1-12-4-9-18-16(11-28-20(18)13(12)2)10-19(25)29-14(3)22(27)24-17-7-5-15(6-8-17)21(23)26/h4-9,11,14H,10H2,1-3H3,(H2,23,26)(H,24,27)/t14-/m0/s1. The molecule has 0 aliphatic carbocycles. The molecule has 7 heteroatoms. The number of aryl methyl sites for hydroxylation is 2.